The lowest BCUT2D eigenvalue weighted by atomic mass is 10.1. The van der Waals surface area contributed by atoms with Crippen molar-refractivity contribution in [1.29, 1.82) is 0 Å². The highest BCUT2D eigenvalue weighted by molar-refractivity contribution is 7.85. The van der Waals surface area contributed by atoms with Crippen molar-refractivity contribution < 1.29 is 13.7 Å². The number of hydrogen-bond donors (Lipinski definition) is 0. The second kappa shape index (κ2) is 6.73. The Labute approximate surface area is 133 Å². The van der Waals surface area contributed by atoms with Crippen LogP contribution in [0.2, 0.25) is 0 Å². The first-order valence-corrected chi connectivity index (χ1v) is 8.66. The number of aromatic nitrogens is 2. The summed E-state index contributed by atoms with van der Waals surface area (Å²) in [6.07, 6.45) is 2.67. The largest absolute Gasteiger partial charge is 0.444 e. The summed E-state index contributed by atoms with van der Waals surface area (Å²) in [6.45, 7) is 8.51. The molecular formula is C15H23N3O3S. The van der Waals surface area contributed by atoms with Crippen molar-refractivity contribution in [3.8, 4) is 0 Å². The Hall–Kier alpha value is -1.50. The Morgan fingerprint density at radius 1 is 1.36 bits per heavy atom. The Balaban J connectivity index is 1.92. The predicted octanol–water partition coefficient (Wildman–Crippen LogP) is 2.29. The van der Waals surface area contributed by atoms with Gasteiger partial charge in [0.1, 0.15) is 5.60 Å². The molecule has 1 aliphatic heterocycles. The van der Waals surface area contributed by atoms with Gasteiger partial charge in [0.2, 0.25) is 5.16 Å². The molecular weight excluding hydrogens is 302 g/mol. The van der Waals surface area contributed by atoms with E-state index in [2.05, 4.69) is 9.97 Å². The van der Waals surface area contributed by atoms with Crippen LogP contribution in [-0.2, 0) is 15.5 Å². The topological polar surface area (TPSA) is 72.4 Å². The number of ether oxygens (including phenoxy) is 1. The third-order valence-electron chi connectivity index (χ3n) is 3.35. The number of piperidine rings is 1. The number of hydrogen-bond acceptors (Lipinski definition) is 5. The smallest absolute Gasteiger partial charge is 0.410 e. The molecule has 6 nitrogen and oxygen atoms in total. The van der Waals surface area contributed by atoms with Gasteiger partial charge in [-0.2, -0.15) is 0 Å². The summed E-state index contributed by atoms with van der Waals surface area (Å²) in [5, 5.41) is 0.371. The first-order chi connectivity index (χ1) is 10.3. The molecule has 1 aromatic heterocycles. The fourth-order valence-corrected chi connectivity index (χ4v) is 3.59. The van der Waals surface area contributed by atoms with Crippen LogP contribution in [0, 0.1) is 6.92 Å². The van der Waals surface area contributed by atoms with Crippen molar-refractivity contribution in [2.45, 2.75) is 56.5 Å². The molecule has 122 valence electrons. The first-order valence-electron chi connectivity index (χ1n) is 7.44. The van der Waals surface area contributed by atoms with Gasteiger partial charge < -0.3 is 9.64 Å². The summed E-state index contributed by atoms with van der Waals surface area (Å²) in [5.74, 6) is 0. The summed E-state index contributed by atoms with van der Waals surface area (Å²) in [7, 11) is -1.23. The van der Waals surface area contributed by atoms with Crippen LogP contribution in [-0.4, -0.2) is 49.1 Å². The second-order valence-corrected chi connectivity index (χ2v) is 8.07. The zero-order valence-corrected chi connectivity index (χ0v) is 14.4. The zero-order valence-electron chi connectivity index (χ0n) is 13.5. The van der Waals surface area contributed by atoms with E-state index in [9.17, 15) is 9.00 Å². The quantitative estimate of drug-likeness (QED) is 0.780. The molecule has 1 atom stereocenters. The molecule has 22 heavy (non-hydrogen) atoms. The number of carbonyl (C=O) groups is 1. The average Bonchev–Trinajstić information content (AvgIpc) is 2.45. The molecule has 0 radical (unpaired) electrons. The normalized spacial score (nSPS) is 18.1. The van der Waals surface area contributed by atoms with E-state index in [-0.39, 0.29) is 11.3 Å². The minimum atomic E-state index is -1.23. The molecule has 1 aliphatic rings. The number of likely N-dealkylation sites (tertiary alicyclic amines) is 1. The summed E-state index contributed by atoms with van der Waals surface area (Å²) in [4.78, 5) is 22.0. The lowest BCUT2D eigenvalue weighted by Gasteiger charge is -2.32. The molecule has 7 heteroatoms. The van der Waals surface area contributed by atoms with Gasteiger partial charge in [-0.3, -0.25) is 4.21 Å². The summed E-state index contributed by atoms with van der Waals surface area (Å²) in [5.41, 5.74) is 0.316. The Morgan fingerprint density at radius 3 is 2.55 bits per heavy atom. The Morgan fingerprint density at radius 2 is 2.00 bits per heavy atom. The van der Waals surface area contributed by atoms with E-state index in [4.69, 9.17) is 4.74 Å². The second-order valence-electron chi connectivity index (χ2n) is 6.44. The minimum Gasteiger partial charge on any atom is -0.444 e. The monoisotopic (exact) mass is 325 g/mol. The van der Waals surface area contributed by atoms with Crippen LogP contribution in [0.25, 0.3) is 0 Å². The molecule has 0 saturated carbocycles. The van der Waals surface area contributed by atoms with Gasteiger partial charge in [-0.05, 0) is 46.6 Å². The van der Waals surface area contributed by atoms with Crippen LogP contribution < -0.4 is 0 Å². The maximum atomic E-state index is 12.5. The first kappa shape index (κ1) is 16.9. The predicted molar refractivity (Wildman–Crippen MR) is 84.0 cm³/mol. The van der Waals surface area contributed by atoms with Crippen LogP contribution in [0.3, 0.4) is 0 Å². The van der Waals surface area contributed by atoms with E-state index in [0.717, 1.165) is 5.69 Å². The van der Waals surface area contributed by atoms with Crippen LogP contribution in [0.15, 0.2) is 17.4 Å². The van der Waals surface area contributed by atoms with Crippen LogP contribution >= 0.6 is 0 Å². The number of rotatable bonds is 2. The van der Waals surface area contributed by atoms with E-state index < -0.39 is 16.4 Å². The number of carbonyl (C=O) groups excluding carboxylic acids is 1. The molecule has 2 heterocycles. The molecule has 1 aromatic rings. The van der Waals surface area contributed by atoms with E-state index in [0.29, 0.717) is 31.1 Å². The number of aryl methyl sites for hydroxylation is 1. The van der Waals surface area contributed by atoms with Gasteiger partial charge in [-0.15, -0.1) is 0 Å². The standard InChI is InChI=1S/C15H23N3O3S/c1-11-5-8-16-13(17-11)22(20)12-6-9-18(10-7-12)14(19)21-15(2,3)4/h5,8,12H,6-7,9-10H2,1-4H3/t22-/m1/s1. The van der Waals surface area contributed by atoms with Crippen molar-refractivity contribution in [2.24, 2.45) is 0 Å². The van der Waals surface area contributed by atoms with Crippen LogP contribution in [0.1, 0.15) is 39.3 Å². The SMILES string of the molecule is Cc1ccnc([S@](=O)C2CCN(C(=O)OC(C)(C)C)CC2)n1. The summed E-state index contributed by atoms with van der Waals surface area (Å²) >= 11 is 0. The molecule has 0 spiro atoms. The van der Waals surface area contributed by atoms with Crippen molar-refractivity contribution in [3.63, 3.8) is 0 Å². The van der Waals surface area contributed by atoms with Gasteiger partial charge in [-0.25, -0.2) is 14.8 Å². The molecule has 0 unspecified atom stereocenters. The van der Waals surface area contributed by atoms with Crippen LogP contribution in [0.5, 0.6) is 0 Å². The molecule has 0 N–H and O–H groups in total. The maximum absolute atomic E-state index is 12.5. The number of amides is 1. The van der Waals surface area contributed by atoms with Gasteiger partial charge in [0.25, 0.3) is 0 Å². The third-order valence-corrected chi connectivity index (χ3v) is 4.98. The fourth-order valence-electron chi connectivity index (χ4n) is 2.25. The lowest BCUT2D eigenvalue weighted by molar-refractivity contribution is 0.0218. The highest BCUT2D eigenvalue weighted by Crippen LogP contribution is 2.21. The lowest BCUT2D eigenvalue weighted by Crippen LogP contribution is -2.43. The number of nitrogens with zero attached hydrogens (tertiary/aromatic N) is 3. The highest BCUT2D eigenvalue weighted by atomic mass is 32.2. The Kier molecular flexibility index (Phi) is 5.16. The van der Waals surface area contributed by atoms with Gasteiger partial charge >= 0.3 is 6.09 Å². The highest BCUT2D eigenvalue weighted by Gasteiger charge is 2.30. The van der Waals surface area contributed by atoms with Crippen molar-refractivity contribution >= 4 is 16.9 Å². The minimum absolute atomic E-state index is 0.0134. The third kappa shape index (κ3) is 4.50. The fraction of sp³-hybridized carbons (Fsp3) is 0.667. The van der Waals surface area contributed by atoms with Crippen LogP contribution in [0.4, 0.5) is 4.79 Å². The van der Waals surface area contributed by atoms with E-state index in [1.54, 1.807) is 17.2 Å². The Bertz CT molecular complexity index is 563. The maximum Gasteiger partial charge on any atom is 0.410 e. The van der Waals surface area contributed by atoms with Gasteiger partial charge in [0.05, 0.1) is 10.8 Å². The summed E-state index contributed by atoms with van der Waals surface area (Å²) in [6, 6.07) is 1.78. The van der Waals surface area contributed by atoms with Crippen molar-refractivity contribution in [1.82, 2.24) is 14.9 Å². The average molecular weight is 325 g/mol. The summed E-state index contributed by atoms with van der Waals surface area (Å²) < 4.78 is 17.9. The van der Waals surface area contributed by atoms with E-state index >= 15 is 0 Å². The molecule has 1 amide bonds. The van der Waals surface area contributed by atoms with E-state index in [1.165, 1.54) is 0 Å². The molecule has 0 bridgehead atoms. The van der Waals surface area contributed by atoms with Gasteiger partial charge in [0.15, 0.2) is 0 Å². The molecule has 1 saturated heterocycles. The molecule has 0 aromatic carbocycles. The molecule has 0 aliphatic carbocycles. The molecule has 2 rings (SSSR count). The zero-order chi connectivity index (χ0) is 16.3. The van der Waals surface area contributed by atoms with Gasteiger partial charge in [0, 0.05) is 30.2 Å². The van der Waals surface area contributed by atoms with Crippen molar-refractivity contribution in [2.75, 3.05) is 13.1 Å². The van der Waals surface area contributed by atoms with E-state index in [1.807, 2.05) is 27.7 Å². The van der Waals surface area contributed by atoms with Crippen molar-refractivity contribution in [3.05, 3.63) is 18.0 Å². The van der Waals surface area contributed by atoms with Gasteiger partial charge in [-0.1, -0.05) is 0 Å². The molecule has 1 fully saturated rings.